The molecule has 0 aliphatic carbocycles. The molecule has 0 aromatic heterocycles. The Hall–Kier alpha value is -3.64. The van der Waals surface area contributed by atoms with Gasteiger partial charge in [-0.05, 0) is 48.5 Å². The van der Waals surface area contributed by atoms with Crippen LogP contribution < -0.4 is 14.9 Å². The zero-order chi connectivity index (χ0) is 23.3. The molecule has 0 heterocycles. The maximum Gasteiger partial charge on any atom is 0.270 e. The Bertz CT molecular complexity index is 1280. The van der Waals surface area contributed by atoms with Crippen molar-refractivity contribution < 1.29 is 23.2 Å². The first-order valence-electron chi connectivity index (χ1n) is 8.92. The number of non-ortho nitro benzene ring substituents is 1. The topological polar surface area (TPSA) is 143 Å². The van der Waals surface area contributed by atoms with Crippen LogP contribution in [-0.4, -0.2) is 31.8 Å². The lowest BCUT2D eigenvalue weighted by atomic mass is 10.2. The number of nitro benzene ring substituents is 1. The molecule has 3 rings (SSSR count). The fourth-order valence-corrected chi connectivity index (χ4v) is 4.22. The Labute approximate surface area is 191 Å². The number of hydrogen-bond acceptors (Lipinski definition) is 8. The number of nitrogens with one attached hydrogen (secondary N) is 2. The molecule has 3 aromatic carbocycles. The summed E-state index contributed by atoms with van der Waals surface area (Å²) in [7, 11) is -2.74. The molecule has 32 heavy (non-hydrogen) atoms. The van der Waals surface area contributed by atoms with Gasteiger partial charge in [-0.3, -0.25) is 20.3 Å². The number of hydrogen-bond donors (Lipinski definition) is 3. The Kier molecular flexibility index (Phi) is 6.95. The molecule has 0 unspecified atom stereocenters. The molecule has 0 atom stereocenters. The summed E-state index contributed by atoms with van der Waals surface area (Å²) in [5.41, 5.74) is 2.78. The monoisotopic (exact) mass is 520 g/mol. The van der Waals surface area contributed by atoms with Crippen LogP contribution in [0.25, 0.3) is 0 Å². The molecular formula is C20H17BrN4O6S. The summed E-state index contributed by atoms with van der Waals surface area (Å²) >= 11 is 3.28. The molecule has 3 N–H and O–H groups in total. The lowest BCUT2D eigenvalue weighted by molar-refractivity contribution is -0.385. The number of nitro groups is 1. The summed E-state index contributed by atoms with van der Waals surface area (Å²) in [5.74, 6) is 0.507. The van der Waals surface area contributed by atoms with Gasteiger partial charge in [0.25, 0.3) is 15.7 Å². The highest BCUT2D eigenvalue weighted by atomic mass is 79.9. The molecule has 0 aliphatic rings. The number of halogens is 1. The van der Waals surface area contributed by atoms with E-state index < -0.39 is 20.6 Å². The third kappa shape index (κ3) is 5.53. The van der Waals surface area contributed by atoms with Gasteiger partial charge in [-0.15, -0.1) is 0 Å². The van der Waals surface area contributed by atoms with E-state index in [-0.39, 0.29) is 22.0 Å². The van der Waals surface area contributed by atoms with Gasteiger partial charge < -0.3 is 9.84 Å². The van der Waals surface area contributed by atoms with Crippen LogP contribution in [0.15, 0.2) is 75.1 Å². The van der Waals surface area contributed by atoms with Gasteiger partial charge in [0.1, 0.15) is 16.4 Å². The van der Waals surface area contributed by atoms with Gasteiger partial charge in [0, 0.05) is 27.9 Å². The number of rotatable bonds is 8. The number of anilines is 2. The molecule has 10 nitrogen and oxygen atoms in total. The van der Waals surface area contributed by atoms with Crippen LogP contribution in [0.3, 0.4) is 0 Å². The van der Waals surface area contributed by atoms with Crippen molar-refractivity contribution in [2.45, 2.75) is 4.90 Å². The van der Waals surface area contributed by atoms with E-state index in [1.165, 1.54) is 37.6 Å². The molecule has 0 spiro atoms. The highest BCUT2D eigenvalue weighted by Gasteiger charge is 2.22. The Balaban J connectivity index is 1.93. The van der Waals surface area contributed by atoms with E-state index in [9.17, 15) is 23.6 Å². The van der Waals surface area contributed by atoms with E-state index in [2.05, 4.69) is 31.2 Å². The average molecular weight is 521 g/mol. The van der Waals surface area contributed by atoms with Crippen LogP contribution in [0.4, 0.5) is 17.1 Å². The van der Waals surface area contributed by atoms with Gasteiger partial charge in [-0.25, -0.2) is 8.42 Å². The SMILES string of the molecule is COc1ccc(NS(=O)(=O)c2cc([N+](=O)[O-])ccc2N/N=C/c2cc(Br)ccc2O)cc1. The van der Waals surface area contributed by atoms with Gasteiger partial charge in [0.2, 0.25) is 0 Å². The molecule has 166 valence electrons. The summed E-state index contributed by atoms with van der Waals surface area (Å²) in [6.45, 7) is 0. The van der Waals surface area contributed by atoms with Gasteiger partial charge >= 0.3 is 0 Å². The Morgan fingerprint density at radius 1 is 1.12 bits per heavy atom. The van der Waals surface area contributed by atoms with Crippen LogP contribution in [0.5, 0.6) is 11.5 Å². The Morgan fingerprint density at radius 2 is 1.84 bits per heavy atom. The van der Waals surface area contributed by atoms with Crippen molar-refractivity contribution in [3.63, 3.8) is 0 Å². The third-order valence-electron chi connectivity index (χ3n) is 4.19. The molecular weight excluding hydrogens is 504 g/mol. The third-order valence-corrected chi connectivity index (χ3v) is 6.10. The largest absolute Gasteiger partial charge is 0.507 e. The van der Waals surface area contributed by atoms with E-state index in [4.69, 9.17) is 4.74 Å². The molecule has 0 fully saturated rings. The summed E-state index contributed by atoms with van der Waals surface area (Å²) in [4.78, 5) is 10.1. The standard InChI is InChI=1S/C20H17BrN4O6S/c1-31-17-6-3-15(4-7-17)24-32(29,30)20-11-16(25(27)28)5-8-18(20)23-22-12-13-10-14(21)2-9-19(13)26/h2-12,23-24,26H,1H3/b22-12+. The van der Waals surface area contributed by atoms with E-state index >= 15 is 0 Å². The summed E-state index contributed by atoms with van der Waals surface area (Å²) in [6, 6.07) is 14.2. The van der Waals surface area contributed by atoms with E-state index in [1.807, 2.05) is 0 Å². The predicted octanol–water partition coefficient (Wildman–Crippen LogP) is 4.32. The van der Waals surface area contributed by atoms with Crippen molar-refractivity contribution in [3.8, 4) is 11.5 Å². The number of nitrogens with zero attached hydrogens (tertiary/aromatic N) is 2. The molecule has 0 bridgehead atoms. The van der Waals surface area contributed by atoms with Crippen molar-refractivity contribution in [1.29, 1.82) is 0 Å². The van der Waals surface area contributed by atoms with Gasteiger partial charge in [0.05, 0.1) is 23.9 Å². The second-order valence-corrected chi connectivity index (χ2v) is 8.91. The maximum absolute atomic E-state index is 13.0. The minimum absolute atomic E-state index is 0.00217. The second kappa shape index (κ2) is 9.66. The number of sulfonamides is 1. The minimum Gasteiger partial charge on any atom is -0.507 e. The van der Waals surface area contributed by atoms with Crippen molar-refractivity contribution in [2.24, 2.45) is 5.10 Å². The number of phenolic OH excluding ortho intramolecular Hbond substituents is 1. The number of phenols is 1. The van der Waals surface area contributed by atoms with Crippen LogP contribution >= 0.6 is 15.9 Å². The first kappa shape index (κ1) is 23.0. The number of ether oxygens (including phenoxy) is 1. The van der Waals surface area contributed by atoms with E-state index in [1.54, 1.807) is 24.3 Å². The number of methoxy groups -OCH3 is 1. The number of aromatic hydroxyl groups is 1. The average Bonchev–Trinajstić information content (AvgIpc) is 2.76. The summed E-state index contributed by atoms with van der Waals surface area (Å²) < 4.78 is 34.1. The van der Waals surface area contributed by atoms with Crippen molar-refractivity contribution in [1.82, 2.24) is 0 Å². The van der Waals surface area contributed by atoms with Gasteiger partial charge in [0.15, 0.2) is 0 Å². The highest BCUT2D eigenvalue weighted by Crippen LogP contribution is 2.29. The van der Waals surface area contributed by atoms with Crippen molar-refractivity contribution in [3.05, 3.63) is 80.8 Å². The normalized spacial score (nSPS) is 11.3. The smallest absolute Gasteiger partial charge is 0.270 e. The number of hydrazone groups is 1. The fourth-order valence-electron chi connectivity index (χ4n) is 2.61. The quantitative estimate of drug-likeness (QED) is 0.228. The van der Waals surface area contributed by atoms with Crippen molar-refractivity contribution in [2.75, 3.05) is 17.3 Å². The number of benzene rings is 3. The molecule has 12 heteroatoms. The van der Waals surface area contributed by atoms with Crippen LogP contribution in [0.1, 0.15) is 5.56 Å². The molecule has 3 aromatic rings. The highest BCUT2D eigenvalue weighted by molar-refractivity contribution is 9.10. The summed E-state index contributed by atoms with van der Waals surface area (Å²) in [6.07, 6.45) is 1.29. The molecule has 0 saturated heterocycles. The molecule has 0 saturated carbocycles. The van der Waals surface area contributed by atoms with Crippen LogP contribution in [0.2, 0.25) is 0 Å². The Morgan fingerprint density at radius 3 is 2.50 bits per heavy atom. The molecule has 0 amide bonds. The van der Waals surface area contributed by atoms with E-state index in [0.717, 1.165) is 12.1 Å². The lowest BCUT2D eigenvalue weighted by Crippen LogP contribution is -2.15. The molecule has 0 radical (unpaired) electrons. The van der Waals surface area contributed by atoms with Crippen LogP contribution in [0, 0.1) is 10.1 Å². The first-order chi connectivity index (χ1) is 15.2. The van der Waals surface area contributed by atoms with Gasteiger partial charge in [-0.1, -0.05) is 15.9 Å². The predicted molar refractivity (Wildman–Crippen MR) is 124 cm³/mol. The minimum atomic E-state index is -4.22. The zero-order valence-corrected chi connectivity index (χ0v) is 18.9. The summed E-state index contributed by atoms with van der Waals surface area (Å²) in [5, 5.41) is 25.0. The first-order valence-corrected chi connectivity index (χ1v) is 11.2. The fraction of sp³-hybridized carbons (Fsp3) is 0.0500. The molecule has 0 aliphatic heterocycles. The second-order valence-electron chi connectivity index (χ2n) is 6.34. The van der Waals surface area contributed by atoms with E-state index in [0.29, 0.717) is 15.8 Å². The van der Waals surface area contributed by atoms with Gasteiger partial charge in [-0.2, -0.15) is 5.10 Å². The zero-order valence-electron chi connectivity index (χ0n) is 16.5. The lowest BCUT2D eigenvalue weighted by Gasteiger charge is -2.12. The maximum atomic E-state index is 13.0. The van der Waals surface area contributed by atoms with Crippen molar-refractivity contribution >= 4 is 49.2 Å². The van der Waals surface area contributed by atoms with Crippen LogP contribution in [-0.2, 0) is 10.0 Å².